The highest BCUT2D eigenvalue weighted by Gasteiger charge is 2.29. The van der Waals surface area contributed by atoms with Crippen molar-refractivity contribution in [2.75, 3.05) is 34.5 Å². The van der Waals surface area contributed by atoms with Crippen LogP contribution in [0.4, 0.5) is 0 Å². The molecule has 3 rings (SSSR count). The molecule has 2 aromatic rings. The molecule has 164 valence electrons. The van der Waals surface area contributed by atoms with Gasteiger partial charge in [-0.1, -0.05) is 0 Å². The van der Waals surface area contributed by atoms with Crippen LogP contribution >= 0.6 is 0 Å². The molecule has 0 unspecified atom stereocenters. The SMILES string of the molecule is CCOc1cc2c(cc1C(=O)O)C(=N)N(CC(=O)c1cc(OC)c(OC)c(OC)c1)C2. The molecule has 0 aliphatic carbocycles. The summed E-state index contributed by atoms with van der Waals surface area (Å²) in [6.45, 7) is 2.31. The maximum absolute atomic E-state index is 13.0. The first-order chi connectivity index (χ1) is 14.8. The standard InChI is InChI=1S/C22H24N2O7/c1-5-31-17-8-13-10-24(21(23)14(13)9-15(17)22(26)27)11-16(25)12-6-18(28-2)20(30-4)19(7-12)29-3/h6-9,23H,5,10-11H2,1-4H3,(H,26,27). The Bertz CT molecular complexity index is 1020. The molecule has 9 nitrogen and oxygen atoms in total. The molecule has 0 bridgehead atoms. The van der Waals surface area contributed by atoms with Crippen LogP contribution in [-0.4, -0.2) is 62.1 Å². The molecule has 1 heterocycles. The Morgan fingerprint density at radius 2 is 1.68 bits per heavy atom. The zero-order valence-electron chi connectivity index (χ0n) is 17.8. The average molecular weight is 428 g/mol. The summed E-state index contributed by atoms with van der Waals surface area (Å²) in [6.07, 6.45) is 0. The second kappa shape index (κ2) is 8.95. The van der Waals surface area contributed by atoms with E-state index in [1.54, 1.807) is 30.0 Å². The largest absolute Gasteiger partial charge is 0.493 e. The first-order valence-electron chi connectivity index (χ1n) is 9.54. The number of fused-ring (bicyclic) bond motifs is 1. The maximum Gasteiger partial charge on any atom is 0.339 e. The summed E-state index contributed by atoms with van der Waals surface area (Å²) >= 11 is 0. The molecule has 0 aromatic heterocycles. The van der Waals surface area contributed by atoms with Gasteiger partial charge in [-0.15, -0.1) is 0 Å². The zero-order chi connectivity index (χ0) is 22.7. The number of ether oxygens (including phenoxy) is 4. The van der Waals surface area contributed by atoms with Crippen LogP contribution in [0.3, 0.4) is 0 Å². The number of Topliss-reactive ketones (excluding diaryl/α,β-unsaturated/α-hetero) is 1. The number of amidine groups is 1. The van der Waals surface area contributed by atoms with Gasteiger partial charge in [0.15, 0.2) is 17.3 Å². The molecule has 1 aliphatic heterocycles. The van der Waals surface area contributed by atoms with Gasteiger partial charge in [0.2, 0.25) is 5.75 Å². The van der Waals surface area contributed by atoms with Crippen molar-refractivity contribution in [2.45, 2.75) is 13.5 Å². The van der Waals surface area contributed by atoms with Gasteiger partial charge < -0.3 is 29.0 Å². The van der Waals surface area contributed by atoms with E-state index in [0.717, 1.165) is 5.56 Å². The lowest BCUT2D eigenvalue weighted by atomic mass is 10.0. The molecular weight excluding hydrogens is 404 g/mol. The summed E-state index contributed by atoms with van der Waals surface area (Å²) in [7, 11) is 4.41. The fourth-order valence-electron chi connectivity index (χ4n) is 3.51. The van der Waals surface area contributed by atoms with Crippen molar-refractivity contribution >= 4 is 17.6 Å². The molecule has 0 fully saturated rings. The van der Waals surface area contributed by atoms with Crippen LogP contribution in [0.5, 0.6) is 23.0 Å². The number of nitrogens with zero attached hydrogens (tertiary/aromatic N) is 1. The molecule has 1 aliphatic rings. The molecule has 0 saturated heterocycles. The Morgan fingerprint density at radius 3 is 2.19 bits per heavy atom. The predicted octanol–water partition coefficient (Wildman–Crippen LogP) is 2.83. The Balaban J connectivity index is 1.87. The van der Waals surface area contributed by atoms with Gasteiger partial charge in [-0.05, 0) is 36.8 Å². The normalized spacial score (nSPS) is 12.4. The number of hydrogen-bond acceptors (Lipinski definition) is 7. The Kier molecular flexibility index (Phi) is 6.33. The van der Waals surface area contributed by atoms with E-state index < -0.39 is 5.97 Å². The minimum atomic E-state index is -1.13. The van der Waals surface area contributed by atoms with E-state index in [4.69, 9.17) is 24.4 Å². The fraction of sp³-hybridized carbons (Fsp3) is 0.318. The summed E-state index contributed by atoms with van der Waals surface area (Å²) < 4.78 is 21.3. The third-order valence-electron chi connectivity index (χ3n) is 4.99. The molecule has 0 amide bonds. The van der Waals surface area contributed by atoms with Crippen LogP contribution in [0.2, 0.25) is 0 Å². The maximum atomic E-state index is 13.0. The van der Waals surface area contributed by atoms with Crippen molar-refractivity contribution in [3.63, 3.8) is 0 Å². The molecule has 0 atom stereocenters. The van der Waals surface area contributed by atoms with Gasteiger partial charge in [0.1, 0.15) is 17.1 Å². The number of hydrogen-bond donors (Lipinski definition) is 2. The topological polar surface area (TPSA) is 118 Å². The molecular formula is C22H24N2O7. The quantitative estimate of drug-likeness (QED) is 0.586. The summed E-state index contributed by atoms with van der Waals surface area (Å²) in [5, 5.41) is 17.9. The molecule has 0 radical (unpaired) electrons. The average Bonchev–Trinajstić information content (AvgIpc) is 3.06. The van der Waals surface area contributed by atoms with Crippen molar-refractivity contribution in [2.24, 2.45) is 0 Å². The van der Waals surface area contributed by atoms with E-state index in [9.17, 15) is 14.7 Å². The van der Waals surface area contributed by atoms with E-state index >= 15 is 0 Å². The molecule has 31 heavy (non-hydrogen) atoms. The monoisotopic (exact) mass is 428 g/mol. The van der Waals surface area contributed by atoms with Crippen LogP contribution in [0.15, 0.2) is 24.3 Å². The first-order valence-corrected chi connectivity index (χ1v) is 9.54. The number of methoxy groups -OCH3 is 3. The van der Waals surface area contributed by atoms with E-state index in [0.29, 0.717) is 41.5 Å². The number of benzene rings is 2. The highest BCUT2D eigenvalue weighted by atomic mass is 16.5. The lowest BCUT2D eigenvalue weighted by molar-refractivity contribution is 0.0692. The number of carbonyl (C=O) groups excluding carboxylic acids is 1. The predicted molar refractivity (Wildman–Crippen MR) is 112 cm³/mol. The minimum absolute atomic E-state index is 0.0110. The number of ketones is 1. The number of rotatable bonds is 9. The lowest BCUT2D eigenvalue weighted by Crippen LogP contribution is -2.30. The van der Waals surface area contributed by atoms with Gasteiger partial charge in [-0.2, -0.15) is 0 Å². The summed E-state index contributed by atoms with van der Waals surface area (Å²) in [5.74, 6) is 0.0504. The second-order valence-electron chi connectivity index (χ2n) is 6.79. The van der Waals surface area contributed by atoms with Gasteiger partial charge in [-0.3, -0.25) is 10.2 Å². The van der Waals surface area contributed by atoms with Gasteiger partial charge in [0, 0.05) is 17.7 Å². The zero-order valence-corrected chi connectivity index (χ0v) is 17.8. The number of aromatic carboxylic acids is 1. The number of carbonyl (C=O) groups is 2. The summed E-state index contributed by atoms with van der Waals surface area (Å²) in [5.41, 5.74) is 1.54. The van der Waals surface area contributed by atoms with Crippen LogP contribution in [-0.2, 0) is 6.54 Å². The van der Waals surface area contributed by atoms with Crippen molar-refractivity contribution in [3.8, 4) is 23.0 Å². The van der Waals surface area contributed by atoms with E-state index in [-0.39, 0.29) is 29.5 Å². The molecule has 2 aromatic carbocycles. The number of carboxylic acid groups (broad SMARTS) is 1. The third-order valence-corrected chi connectivity index (χ3v) is 4.99. The number of nitrogens with one attached hydrogen (secondary N) is 1. The molecule has 9 heteroatoms. The second-order valence-corrected chi connectivity index (χ2v) is 6.79. The number of carboxylic acids is 1. The van der Waals surface area contributed by atoms with Gasteiger partial charge in [-0.25, -0.2) is 4.79 Å². The summed E-state index contributed by atoms with van der Waals surface area (Å²) in [4.78, 5) is 26.1. The van der Waals surface area contributed by atoms with Gasteiger partial charge >= 0.3 is 5.97 Å². The van der Waals surface area contributed by atoms with Crippen LogP contribution in [0.25, 0.3) is 0 Å². The van der Waals surface area contributed by atoms with Gasteiger partial charge in [0.25, 0.3) is 0 Å². The van der Waals surface area contributed by atoms with E-state index in [1.807, 2.05) is 0 Å². The molecule has 0 spiro atoms. The van der Waals surface area contributed by atoms with Crippen molar-refractivity contribution in [3.05, 3.63) is 46.5 Å². The highest BCUT2D eigenvalue weighted by molar-refractivity contribution is 6.07. The smallest absolute Gasteiger partial charge is 0.339 e. The van der Waals surface area contributed by atoms with Crippen LogP contribution < -0.4 is 18.9 Å². The summed E-state index contributed by atoms with van der Waals surface area (Å²) in [6, 6.07) is 6.17. The molecule has 2 N–H and O–H groups in total. The van der Waals surface area contributed by atoms with E-state index in [1.165, 1.54) is 27.4 Å². The van der Waals surface area contributed by atoms with Crippen molar-refractivity contribution < 1.29 is 33.6 Å². The van der Waals surface area contributed by atoms with Crippen LogP contribution in [0, 0.1) is 5.41 Å². The minimum Gasteiger partial charge on any atom is -0.493 e. The van der Waals surface area contributed by atoms with Crippen LogP contribution in [0.1, 0.15) is 38.8 Å². The molecule has 0 saturated carbocycles. The van der Waals surface area contributed by atoms with Gasteiger partial charge in [0.05, 0.1) is 34.5 Å². The first kappa shape index (κ1) is 21.9. The Hall–Kier alpha value is -3.75. The Labute approximate surface area is 179 Å². The van der Waals surface area contributed by atoms with Crippen molar-refractivity contribution in [1.29, 1.82) is 5.41 Å². The van der Waals surface area contributed by atoms with Crippen molar-refractivity contribution in [1.82, 2.24) is 4.90 Å². The fourth-order valence-corrected chi connectivity index (χ4v) is 3.51. The highest BCUT2D eigenvalue weighted by Crippen LogP contribution is 2.38. The van der Waals surface area contributed by atoms with E-state index in [2.05, 4.69) is 0 Å². The third kappa shape index (κ3) is 4.11. The lowest BCUT2D eigenvalue weighted by Gasteiger charge is -2.18. The Morgan fingerprint density at radius 1 is 1.03 bits per heavy atom.